The Morgan fingerprint density at radius 1 is 1.21 bits per heavy atom. The van der Waals surface area contributed by atoms with Crippen LogP contribution in [0.3, 0.4) is 0 Å². The summed E-state index contributed by atoms with van der Waals surface area (Å²) in [7, 11) is 0. The van der Waals surface area contributed by atoms with Crippen LogP contribution in [0.25, 0.3) is 0 Å². The normalized spacial score (nSPS) is 28.4. The molecule has 1 aliphatic carbocycles. The summed E-state index contributed by atoms with van der Waals surface area (Å²) in [6, 6.07) is 2.87. The van der Waals surface area contributed by atoms with Gasteiger partial charge in [0.25, 0.3) is 17.5 Å². The molecule has 0 saturated carbocycles. The molecule has 1 saturated heterocycles. The number of hydrogen-bond acceptors (Lipinski definition) is 11. The van der Waals surface area contributed by atoms with Crippen molar-refractivity contribution in [3.8, 4) is 0 Å². The zero-order valence-corrected chi connectivity index (χ0v) is 20.4. The van der Waals surface area contributed by atoms with Crippen molar-refractivity contribution in [3.05, 3.63) is 59.2 Å². The summed E-state index contributed by atoms with van der Waals surface area (Å²) in [5.41, 5.74) is 13.5. The van der Waals surface area contributed by atoms with Gasteiger partial charge in [-0.05, 0) is 36.5 Å². The first-order valence-corrected chi connectivity index (χ1v) is 12.4. The molecule has 0 bridgehead atoms. The van der Waals surface area contributed by atoms with Gasteiger partial charge in [0.05, 0.1) is 12.7 Å². The van der Waals surface area contributed by atoms with Gasteiger partial charge in [0, 0.05) is 24.5 Å². The van der Waals surface area contributed by atoms with E-state index in [-0.39, 0.29) is 30.7 Å². The highest BCUT2D eigenvalue weighted by Crippen LogP contribution is 2.41. The minimum absolute atomic E-state index is 0.00817. The lowest BCUT2D eigenvalue weighted by Crippen LogP contribution is -2.90. The van der Waals surface area contributed by atoms with Gasteiger partial charge in [-0.1, -0.05) is 12.1 Å². The number of aromatic nitrogens is 2. The lowest BCUT2D eigenvalue weighted by atomic mass is 9.85. The van der Waals surface area contributed by atoms with Gasteiger partial charge in [0.2, 0.25) is 5.79 Å². The number of benzene rings is 1. The molecule has 14 nitrogen and oxygen atoms in total. The topological polar surface area (TPSA) is 218 Å². The van der Waals surface area contributed by atoms with E-state index in [0.29, 0.717) is 5.56 Å². The fourth-order valence-corrected chi connectivity index (χ4v) is 6.11. The van der Waals surface area contributed by atoms with Crippen LogP contribution in [0.4, 0.5) is 0 Å². The van der Waals surface area contributed by atoms with Gasteiger partial charge in [-0.15, -0.1) is 0 Å². The van der Waals surface area contributed by atoms with Crippen molar-refractivity contribution in [2.24, 2.45) is 16.5 Å². The maximum absolute atomic E-state index is 13.3. The van der Waals surface area contributed by atoms with E-state index >= 15 is 0 Å². The zero-order valence-electron chi connectivity index (χ0n) is 20.4. The van der Waals surface area contributed by atoms with Gasteiger partial charge in [-0.25, -0.2) is 15.3 Å². The Morgan fingerprint density at radius 2 is 2.05 bits per heavy atom. The third-order valence-electron chi connectivity index (χ3n) is 7.85. The van der Waals surface area contributed by atoms with Crippen LogP contribution in [0.1, 0.15) is 38.4 Å². The van der Waals surface area contributed by atoms with Crippen LogP contribution >= 0.6 is 0 Å². The van der Waals surface area contributed by atoms with Gasteiger partial charge in [0.15, 0.2) is 12.0 Å². The van der Waals surface area contributed by atoms with Crippen LogP contribution in [0.5, 0.6) is 0 Å². The number of aliphatic hydroxyl groups is 2. The first kappa shape index (κ1) is 24.1. The van der Waals surface area contributed by atoms with E-state index in [1.807, 2.05) is 12.1 Å². The Kier molecular flexibility index (Phi) is 5.47. The predicted molar refractivity (Wildman–Crippen MR) is 133 cm³/mol. The number of carbonyl (C=O) groups excluding carboxylic acids is 2. The van der Waals surface area contributed by atoms with Crippen molar-refractivity contribution in [1.29, 1.82) is 0 Å². The van der Waals surface area contributed by atoms with Crippen molar-refractivity contribution in [2.45, 2.75) is 48.8 Å². The molecule has 0 radical (unpaired) electrons. The predicted octanol–water partition coefficient (Wildman–Crippen LogP) is -4.75. The third kappa shape index (κ3) is 3.48. The average molecular weight is 522 g/mol. The SMILES string of the molecule is NC1=N[C@@H](CNC(=O)c2cnccn2)[C@@H]2[NH+]=C(N)N[C@]23N1CC(NC(=O)c1cccc2c1CCC2)C3(O)O. The molecule has 6 rings (SSSR count). The van der Waals surface area contributed by atoms with Gasteiger partial charge < -0.3 is 26.6 Å². The minimum Gasteiger partial charge on any atom is -0.370 e. The second-order valence-electron chi connectivity index (χ2n) is 9.94. The maximum atomic E-state index is 13.3. The number of aryl methyl sites for hydroxylation is 1. The Bertz CT molecular complexity index is 1360. The molecular formula is C24H29N10O4+. The molecule has 14 heteroatoms. The molecule has 4 aliphatic rings. The van der Waals surface area contributed by atoms with Gasteiger partial charge in [-0.3, -0.25) is 30.2 Å². The number of guanidine groups is 2. The van der Waals surface area contributed by atoms with Gasteiger partial charge >= 0.3 is 5.96 Å². The number of nitrogens with one attached hydrogen (secondary N) is 4. The molecule has 10 N–H and O–H groups in total. The van der Waals surface area contributed by atoms with Crippen molar-refractivity contribution in [3.63, 3.8) is 0 Å². The highest BCUT2D eigenvalue weighted by Gasteiger charge is 2.76. The van der Waals surface area contributed by atoms with Crippen LogP contribution in [0.2, 0.25) is 0 Å². The van der Waals surface area contributed by atoms with Crippen LogP contribution in [0.15, 0.2) is 41.8 Å². The lowest BCUT2D eigenvalue weighted by Gasteiger charge is -2.46. The van der Waals surface area contributed by atoms with Crippen LogP contribution in [-0.2, 0) is 12.8 Å². The number of aliphatic imine (C=N–C) groups is 1. The van der Waals surface area contributed by atoms with E-state index in [0.717, 1.165) is 30.4 Å². The summed E-state index contributed by atoms with van der Waals surface area (Å²) < 4.78 is 0. The summed E-state index contributed by atoms with van der Waals surface area (Å²) in [6.07, 6.45) is 6.86. The Balaban J connectivity index is 1.26. The highest BCUT2D eigenvalue weighted by molar-refractivity contribution is 5.97. The third-order valence-corrected chi connectivity index (χ3v) is 7.85. The Hall–Kier alpha value is -4.30. The van der Waals surface area contributed by atoms with E-state index in [1.54, 1.807) is 6.07 Å². The van der Waals surface area contributed by atoms with Gasteiger partial charge in [-0.2, -0.15) is 0 Å². The largest absolute Gasteiger partial charge is 0.370 e. The number of hydrogen-bond donors (Lipinski definition) is 8. The van der Waals surface area contributed by atoms with Gasteiger partial charge in [0.1, 0.15) is 17.8 Å². The molecular weight excluding hydrogens is 492 g/mol. The molecule has 1 aromatic carbocycles. The van der Waals surface area contributed by atoms with Crippen molar-refractivity contribution >= 4 is 23.7 Å². The molecule has 4 heterocycles. The maximum Gasteiger partial charge on any atom is 0.343 e. The minimum atomic E-state index is -2.53. The quantitative estimate of drug-likeness (QED) is 0.176. The summed E-state index contributed by atoms with van der Waals surface area (Å²) in [5, 5.41) is 31.7. The molecule has 4 atom stereocenters. The molecule has 2 amide bonds. The van der Waals surface area contributed by atoms with E-state index < -0.39 is 41.4 Å². The number of amides is 2. The number of carbonyl (C=O) groups is 2. The number of rotatable bonds is 5. The van der Waals surface area contributed by atoms with Crippen LogP contribution in [0, 0.1) is 0 Å². The first-order valence-electron chi connectivity index (χ1n) is 12.4. The second-order valence-corrected chi connectivity index (χ2v) is 9.94. The Labute approximate surface area is 217 Å². The van der Waals surface area contributed by atoms with Crippen LogP contribution < -0.4 is 32.4 Å². The molecule has 1 unspecified atom stereocenters. The fourth-order valence-electron chi connectivity index (χ4n) is 6.11. The van der Waals surface area contributed by atoms with E-state index in [1.165, 1.54) is 23.5 Å². The fraction of sp³-hybridized carbons (Fsp3) is 0.417. The molecule has 1 aromatic heterocycles. The molecule has 38 heavy (non-hydrogen) atoms. The Morgan fingerprint density at radius 3 is 2.84 bits per heavy atom. The van der Waals surface area contributed by atoms with E-state index in [2.05, 4.69) is 35.9 Å². The zero-order chi connectivity index (χ0) is 26.7. The molecule has 198 valence electrons. The van der Waals surface area contributed by atoms with Crippen LogP contribution in [-0.4, -0.2) is 91.5 Å². The highest BCUT2D eigenvalue weighted by atomic mass is 16.5. The first-order chi connectivity index (χ1) is 18.2. The monoisotopic (exact) mass is 521 g/mol. The summed E-state index contributed by atoms with van der Waals surface area (Å²) in [6.45, 7) is -0.0537. The number of nitrogens with two attached hydrogens (primary N) is 2. The summed E-state index contributed by atoms with van der Waals surface area (Å²) >= 11 is 0. The standard InChI is InChI=1S/C24H28N10O4/c25-21-32-18-15(10-29-20(36)16-9-27-7-8-28-16)30-22(26)34-11-17(24(37,38)23(18,34)33-21)31-19(35)14-6-2-4-12-3-1-5-13(12)14/h2,4,6-9,15,17-18,37-38H,1,3,5,10-11H2,(H2,26,30)(H,29,36)(H,31,35)(H3,25,32,33)/p+1/t15-,17?,18-,23-/m0/s1. The number of nitrogens with zero attached hydrogens (tertiary/aromatic N) is 4. The smallest absolute Gasteiger partial charge is 0.343 e. The van der Waals surface area contributed by atoms with Crippen molar-refractivity contribution < 1.29 is 24.8 Å². The molecule has 2 aromatic rings. The lowest BCUT2D eigenvalue weighted by molar-refractivity contribution is -0.521. The molecule has 1 spiro atoms. The molecule has 1 fully saturated rings. The summed E-state index contributed by atoms with van der Waals surface area (Å²) in [5.74, 6) is -3.32. The second kappa shape index (κ2) is 8.63. The molecule has 3 aliphatic heterocycles. The average Bonchev–Trinajstić information content (AvgIpc) is 3.58. The van der Waals surface area contributed by atoms with Crippen molar-refractivity contribution in [1.82, 2.24) is 30.8 Å². The number of fused-ring (bicyclic) bond motifs is 1. The van der Waals surface area contributed by atoms with E-state index in [4.69, 9.17) is 11.5 Å². The van der Waals surface area contributed by atoms with E-state index in [9.17, 15) is 19.8 Å². The summed E-state index contributed by atoms with van der Waals surface area (Å²) in [4.78, 5) is 42.8. The van der Waals surface area contributed by atoms with Crippen molar-refractivity contribution in [2.75, 3.05) is 13.1 Å².